The number of halogens is 1. The lowest BCUT2D eigenvalue weighted by molar-refractivity contribution is -0.116. The van der Waals surface area contributed by atoms with Crippen LogP contribution in [-0.2, 0) is 16.1 Å². The van der Waals surface area contributed by atoms with Crippen LogP contribution >= 0.6 is 15.9 Å². The van der Waals surface area contributed by atoms with Gasteiger partial charge in [-0.2, -0.15) is 0 Å². The maximum absolute atomic E-state index is 12.1. The first-order valence-electron chi connectivity index (χ1n) is 7.50. The van der Waals surface area contributed by atoms with Gasteiger partial charge in [0.1, 0.15) is 0 Å². The molecule has 0 spiro atoms. The number of methoxy groups -OCH3 is 1. The molecule has 1 aromatic carbocycles. The average Bonchev–Trinajstić information content (AvgIpc) is 2.50. The second-order valence-electron chi connectivity index (χ2n) is 5.43. The van der Waals surface area contributed by atoms with E-state index < -0.39 is 0 Å². The van der Waals surface area contributed by atoms with E-state index in [9.17, 15) is 4.79 Å². The zero-order valence-corrected chi connectivity index (χ0v) is 14.0. The first-order chi connectivity index (χ1) is 10.2. The minimum atomic E-state index is 0.0674. The second-order valence-corrected chi connectivity index (χ2v) is 6.29. The average molecular weight is 355 g/mol. The highest BCUT2D eigenvalue weighted by Crippen LogP contribution is 2.26. The molecule has 1 heterocycles. The quantitative estimate of drug-likeness (QED) is 0.822. The van der Waals surface area contributed by atoms with Gasteiger partial charge < -0.3 is 15.4 Å². The van der Waals surface area contributed by atoms with E-state index in [1.165, 1.54) is 19.3 Å². The summed E-state index contributed by atoms with van der Waals surface area (Å²) in [4.78, 5) is 12.1. The van der Waals surface area contributed by atoms with E-state index in [0.29, 0.717) is 19.1 Å². The molecule has 116 valence electrons. The molecule has 2 N–H and O–H groups in total. The Morgan fingerprint density at radius 2 is 2.33 bits per heavy atom. The number of carbonyl (C=O) groups excluding carboxylic acids is 1. The summed E-state index contributed by atoms with van der Waals surface area (Å²) in [7, 11) is 1.65. The van der Waals surface area contributed by atoms with Gasteiger partial charge in [0.2, 0.25) is 5.91 Å². The molecular formula is C16H23BrN2O2. The zero-order chi connectivity index (χ0) is 15.1. The number of piperidine rings is 1. The summed E-state index contributed by atoms with van der Waals surface area (Å²) in [5, 5.41) is 6.47. The highest BCUT2D eigenvalue weighted by Gasteiger charge is 2.15. The third-order valence-corrected chi connectivity index (χ3v) is 4.56. The highest BCUT2D eigenvalue weighted by molar-refractivity contribution is 9.10. The SMILES string of the molecule is COCc1c(Br)cccc1NC(=O)CCC1CCCCN1. The molecule has 1 saturated heterocycles. The predicted molar refractivity (Wildman–Crippen MR) is 88.4 cm³/mol. The van der Waals surface area contributed by atoms with Crippen molar-refractivity contribution >= 4 is 27.5 Å². The van der Waals surface area contributed by atoms with E-state index in [0.717, 1.165) is 28.7 Å². The van der Waals surface area contributed by atoms with E-state index in [-0.39, 0.29) is 5.91 Å². The summed E-state index contributed by atoms with van der Waals surface area (Å²) >= 11 is 3.50. The molecule has 21 heavy (non-hydrogen) atoms. The Hall–Kier alpha value is -0.910. The van der Waals surface area contributed by atoms with Crippen LogP contribution in [0.1, 0.15) is 37.7 Å². The van der Waals surface area contributed by atoms with Crippen molar-refractivity contribution < 1.29 is 9.53 Å². The molecule has 1 unspecified atom stereocenters. The Labute approximate surface area is 134 Å². The molecule has 4 nitrogen and oxygen atoms in total. The number of benzene rings is 1. The number of hydrogen-bond donors (Lipinski definition) is 2. The summed E-state index contributed by atoms with van der Waals surface area (Å²) in [5.41, 5.74) is 1.80. The Morgan fingerprint density at radius 3 is 3.05 bits per heavy atom. The van der Waals surface area contributed by atoms with Crippen molar-refractivity contribution in [3.63, 3.8) is 0 Å². The zero-order valence-electron chi connectivity index (χ0n) is 12.5. The molecule has 1 aliphatic heterocycles. The normalized spacial score (nSPS) is 18.5. The third-order valence-electron chi connectivity index (χ3n) is 3.81. The van der Waals surface area contributed by atoms with Crippen LogP contribution in [0.4, 0.5) is 5.69 Å². The van der Waals surface area contributed by atoms with Crippen molar-refractivity contribution in [1.82, 2.24) is 5.32 Å². The lowest BCUT2D eigenvalue weighted by Crippen LogP contribution is -2.34. The topological polar surface area (TPSA) is 50.4 Å². The van der Waals surface area contributed by atoms with Gasteiger partial charge in [-0.3, -0.25) is 4.79 Å². The Morgan fingerprint density at radius 1 is 1.48 bits per heavy atom. The maximum Gasteiger partial charge on any atom is 0.224 e. The standard InChI is InChI=1S/C16H23BrN2O2/c1-21-11-13-14(17)6-4-7-15(13)19-16(20)9-8-12-5-2-3-10-18-12/h4,6-7,12,18H,2-3,5,8-11H2,1H3,(H,19,20). The smallest absolute Gasteiger partial charge is 0.224 e. The van der Waals surface area contributed by atoms with Gasteiger partial charge in [0, 0.05) is 35.3 Å². The molecule has 0 bridgehead atoms. The van der Waals surface area contributed by atoms with Crippen molar-refractivity contribution in [3.05, 3.63) is 28.2 Å². The van der Waals surface area contributed by atoms with Gasteiger partial charge in [-0.25, -0.2) is 0 Å². The van der Waals surface area contributed by atoms with Crippen LogP contribution in [0.15, 0.2) is 22.7 Å². The molecule has 0 radical (unpaired) electrons. The van der Waals surface area contributed by atoms with Crippen LogP contribution in [0.25, 0.3) is 0 Å². The fraction of sp³-hybridized carbons (Fsp3) is 0.562. The molecule has 1 amide bonds. The van der Waals surface area contributed by atoms with Crippen LogP contribution in [-0.4, -0.2) is 25.6 Å². The van der Waals surface area contributed by atoms with Gasteiger partial charge in [-0.05, 0) is 37.9 Å². The molecule has 1 aromatic rings. The number of ether oxygens (including phenoxy) is 1. The summed E-state index contributed by atoms with van der Waals surface area (Å²) in [6.07, 6.45) is 5.15. The number of hydrogen-bond acceptors (Lipinski definition) is 3. The summed E-state index contributed by atoms with van der Waals surface area (Å²) in [5.74, 6) is 0.0674. The van der Waals surface area contributed by atoms with Gasteiger partial charge in [0.05, 0.1) is 6.61 Å². The van der Waals surface area contributed by atoms with E-state index in [4.69, 9.17) is 4.74 Å². The lowest BCUT2D eigenvalue weighted by atomic mass is 10.0. The van der Waals surface area contributed by atoms with Gasteiger partial charge in [-0.15, -0.1) is 0 Å². The molecule has 0 aromatic heterocycles. The summed E-state index contributed by atoms with van der Waals surface area (Å²) < 4.78 is 6.15. The number of amides is 1. The van der Waals surface area contributed by atoms with E-state index in [2.05, 4.69) is 26.6 Å². The number of rotatable bonds is 6. The highest BCUT2D eigenvalue weighted by atomic mass is 79.9. The van der Waals surface area contributed by atoms with Crippen molar-refractivity contribution in [3.8, 4) is 0 Å². The molecular weight excluding hydrogens is 332 g/mol. The van der Waals surface area contributed by atoms with Crippen LogP contribution in [0.3, 0.4) is 0 Å². The molecule has 1 aliphatic rings. The fourth-order valence-corrected chi connectivity index (χ4v) is 3.14. The van der Waals surface area contributed by atoms with Crippen molar-refractivity contribution in [2.24, 2.45) is 0 Å². The molecule has 2 rings (SSSR count). The molecule has 0 aliphatic carbocycles. The van der Waals surface area contributed by atoms with E-state index >= 15 is 0 Å². The lowest BCUT2D eigenvalue weighted by Gasteiger charge is -2.23. The Balaban J connectivity index is 1.88. The van der Waals surface area contributed by atoms with Crippen molar-refractivity contribution in [2.45, 2.75) is 44.8 Å². The number of nitrogens with one attached hydrogen (secondary N) is 2. The van der Waals surface area contributed by atoms with Gasteiger partial charge in [-0.1, -0.05) is 28.4 Å². The number of anilines is 1. The molecule has 5 heteroatoms. The van der Waals surface area contributed by atoms with Crippen LogP contribution in [0.2, 0.25) is 0 Å². The largest absolute Gasteiger partial charge is 0.380 e. The molecule has 1 atom stereocenters. The second kappa shape index (κ2) is 8.51. The first kappa shape index (κ1) is 16.5. The molecule has 1 fully saturated rings. The van der Waals surface area contributed by atoms with Gasteiger partial charge >= 0.3 is 0 Å². The summed E-state index contributed by atoms with van der Waals surface area (Å²) in [6.45, 7) is 1.55. The fourth-order valence-electron chi connectivity index (χ4n) is 2.66. The monoisotopic (exact) mass is 354 g/mol. The van der Waals surface area contributed by atoms with Crippen LogP contribution in [0.5, 0.6) is 0 Å². The Kier molecular flexibility index (Phi) is 6.67. The minimum Gasteiger partial charge on any atom is -0.380 e. The van der Waals surface area contributed by atoms with Crippen molar-refractivity contribution in [1.29, 1.82) is 0 Å². The Bertz CT molecular complexity index is 473. The van der Waals surface area contributed by atoms with Crippen LogP contribution < -0.4 is 10.6 Å². The predicted octanol–water partition coefficient (Wildman–Crippen LogP) is 3.46. The van der Waals surface area contributed by atoms with E-state index in [1.807, 2.05) is 18.2 Å². The third kappa shape index (κ3) is 5.09. The van der Waals surface area contributed by atoms with Gasteiger partial charge in [0.15, 0.2) is 0 Å². The summed E-state index contributed by atoms with van der Waals surface area (Å²) in [6, 6.07) is 6.28. The van der Waals surface area contributed by atoms with Crippen LogP contribution in [0, 0.1) is 0 Å². The first-order valence-corrected chi connectivity index (χ1v) is 8.29. The van der Waals surface area contributed by atoms with Gasteiger partial charge in [0.25, 0.3) is 0 Å². The number of carbonyl (C=O) groups is 1. The van der Waals surface area contributed by atoms with E-state index in [1.54, 1.807) is 7.11 Å². The minimum absolute atomic E-state index is 0.0674. The van der Waals surface area contributed by atoms with Crippen molar-refractivity contribution in [2.75, 3.05) is 19.0 Å². The maximum atomic E-state index is 12.1. The molecule has 0 saturated carbocycles.